The number of piperidine rings is 1. The van der Waals surface area contributed by atoms with Gasteiger partial charge in [0, 0.05) is 11.8 Å². The third-order valence-corrected chi connectivity index (χ3v) is 2.82. The fourth-order valence-corrected chi connectivity index (χ4v) is 1.55. The van der Waals surface area contributed by atoms with Gasteiger partial charge in [0.05, 0.1) is 12.1 Å². The molecule has 1 heterocycles. The van der Waals surface area contributed by atoms with Gasteiger partial charge in [-0.05, 0) is 20.3 Å². The predicted octanol–water partition coefficient (Wildman–Crippen LogP) is 0.968. The van der Waals surface area contributed by atoms with Gasteiger partial charge in [0.1, 0.15) is 0 Å². The van der Waals surface area contributed by atoms with Crippen LogP contribution in [-0.2, 0) is 0 Å². The third-order valence-electron chi connectivity index (χ3n) is 2.82. The van der Waals surface area contributed by atoms with E-state index >= 15 is 0 Å². The van der Waals surface area contributed by atoms with E-state index in [0.717, 1.165) is 13.0 Å². The quantitative estimate of drug-likeness (QED) is 0.521. The molecule has 11 heavy (non-hydrogen) atoms. The monoisotopic (exact) mass is 157 g/mol. The smallest absolute Gasteiger partial charge is 0.0917 e. The molecule has 0 bridgehead atoms. The molecule has 0 aromatic heterocycles. The molecule has 1 fully saturated rings. The molecule has 0 aliphatic carbocycles. The van der Waals surface area contributed by atoms with Gasteiger partial charge < -0.3 is 10.3 Å². The Hall–Kier alpha value is -0.0800. The lowest BCUT2D eigenvalue weighted by Crippen LogP contribution is -3.17. The molecule has 1 atom stereocenters. The summed E-state index contributed by atoms with van der Waals surface area (Å²) in [7, 11) is 0. The Morgan fingerprint density at radius 3 is 2.00 bits per heavy atom. The van der Waals surface area contributed by atoms with Gasteiger partial charge in [-0.2, -0.15) is 0 Å². The van der Waals surface area contributed by atoms with E-state index in [2.05, 4.69) is 27.7 Å². The van der Waals surface area contributed by atoms with Gasteiger partial charge in [-0.1, -0.05) is 13.8 Å². The zero-order chi connectivity index (χ0) is 8.70. The molecule has 2 heteroatoms. The summed E-state index contributed by atoms with van der Waals surface area (Å²) in [6.07, 6.45) is 2.24. The predicted molar refractivity (Wildman–Crippen MR) is 46.3 cm³/mol. The van der Waals surface area contributed by atoms with Crippen LogP contribution in [-0.4, -0.2) is 12.1 Å². The highest BCUT2D eigenvalue weighted by atomic mass is 16.5. The largest absolute Gasteiger partial charge is 0.634 e. The number of hydrogen-bond acceptors (Lipinski definition) is 1. The first-order valence-corrected chi connectivity index (χ1v) is 4.37. The zero-order valence-corrected chi connectivity index (χ0v) is 8.03. The summed E-state index contributed by atoms with van der Waals surface area (Å²) >= 11 is 0. The topological polar surface area (TPSA) is 27.5 Å². The van der Waals surface area contributed by atoms with Crippen molar-refractivity contribution < 1.29 is 5.06 Å². The molecule has 0 radical (unpaired) electrons. The first-order valence-electron chi connectivity index (χ1n) is 4.37. The molecule has 1 N–H and O–H groups in total. The van der Waals surface area contributed by atoms with E-state index in [-0.39, 0.29) is 11.0 Å². The Bertz CT molecular complexity index is 152. The fraction of sp³-hybridized carbons (Fsp3) is 1.00. The van der Waals surface area contributed by atoms with Gasteiger partial charge in [0.2, 0.25) is 0 Å². The Kier molecular flexibility index (Phi) is 2.01. The first kappa shape index (κ1) is 9.01. The van der Waals surface area contributed by atoms with Gasteiger partial charge in [-0.3, -0.25) is 0 Å². The van der Waals surface area contributed by atoms with Crippen LogP contribution in [0.25, 0.3) is 0 Å². The van der Waals surface area contributed by atoms with Crippen molar-refractivity contribution >= 4 is 0 Å². The number of quaternary nitrogens is 1. The molecule has 66 valence electrons. The van der Waals surface area contributed by atoms with E-state index in [1.807, 2.05) is 0 Å². The minimum absolute atomic E-state index is 0.0461. The molecule has 1 rings (SSSR count). The normalized spacial score (nSPS) is 35.2. The average Bonchev–Trinajstić information content (AvgIpc) is 1.81. The van der Waals surface area contributed by atoms with Crippen LogP contribution in [0.5, 0.6) is 0 Å². The second kappa shape index (κ2) is 2.46. The molecule has 1 aliphatic rings. The van der Waals surface area contributed by atoms with E-state index in [4.69, 9.17) is 0 Å². The lowest BCUT2D eigenvalue weighted by Gasteiger charge is -2.48. The minimum atomic E-state index is -0.0461. The van der Waals surface area contributed by atoms with Gasteiger partial charge in [-0.15, -0.1) is 0 Å². The van der Waals surface area contributed by atoms with Gasteiger partial charge in [0.25, 0.3) is 0 Å². The molecule has 1 aliphatic heterocycles. The van der Waals surface area contributed by atoms with E-state index in [9.17, 15) is 5.21 Å². The SMILES string of the molecule is CC1(C)CCC(C)(C)[NH+]([O-])C1. The maximum absolute atomic E-state index is 11.5. The first-order chi connectivity index (χ1) is 4.83. The molecule has 0 aromatic carbocycles. The number of rotatable bonds is 0. The van der Waals surface area contributed by atoms with Crippen LogP contribution in [0.1, 0.15) is 40.5 Å². The minimum Gasteiger partial charge on any atom is -0.634 e. The van der Waals surface area contributed by atoms with E-state index in [1.54, 1.807) is 0 Å². The van der Waals surface area contributed by atoms with Crippen LogP contribution in [0.4, 0.5) is 0 Å². The molecule has 0 spiro atoms. The Morgan fingerprint density at radius 2 is 1.64 bits per heavy atom. The summed E-state index contributed by atoms with van der Waals surface area (Å²) in [6, 6.07) is 0. The van der Waals surface area contributed by atoms with Crippen LogP contribution < -0.4 is 5.06 Å². The highest BCUT2D eigenvalue weighted by Gasteiger charge is 2.37. The number of nitrogens with one attached hydrogen (secondary N) is 1. The summed E-state index contributed by atoms with van der Waals surface area (Å²) in [5.74, 6) is 0. The van der Waals surface area contributed by atoms with Crippen molar-refractivity contribution in [1.82, 2.24) is 0 Å². The van der Waals surface area contributed by atoms with Crippen molar-refractivity contribution in [3.05, 3.63) is 5.21 Å². The van der Waals surface area contributed by atoms with Crippen molar-refractivity contribution in [3.63, 3.8) is 0 Å². The highest BCUT2D eigenvalue weighted by molar-refractivity contribution is 4.80. The van der Waals surface area contributed by atoms with Crippen LogP contribution >= 0.6 is 0 Å². The summed E-state index contributed by atoms with van der Waals surface area (Å²) in [6.45, 7) is 9.25. The van der Waals surface area contributed by atoms with Crippen molar-refractivity contribution in [2.75, 3.05) is 6.54 Å². The number of hydroxylamine groups is 2. The molecule has 0 aromatic rings. The lowest BCUT2D eigenvalue weighted by atomic mass is 9.78. The summed E-state index contributed by atoms with van der Waals surface area (Å²) < 4.78 is 0. The second-order valence-electron chi connectivity index (χ2n) is 5.15. The average molecular weight is 157 g/mol. The third kappa shape index (κ3) is 1.94. The van der Waals surface area contributed by atoms with E-state index < -0.39 is 0 Å². The molecule has 1 unspecified atom stereocenters. The summed E-state index contributed by atoms with van der Waals surface area (Å²) in [5.41, 5.74) is 0.210. The molecule has 1 saturated heterocycles. The zero-order valence-electron chi connectivity index (χ0n) is 8.03. The Balaban J connectivity index is 2.63. The summed E-state index contributed by atoms with van der Waals surface area (Å²) in [5, 5.41) is 12.0. The van der Waals surface area contributed by atoms with Crippen LogP contribution in [0.3, 0.4) is 0 Å². The van der Waals surface area contributed by atoms with Crippen molar-refractivity contribution in [1.29, 1.82) is 0 Å². The maximum atomic E-state index is 11.5. The van der Waals surface area contributed by atoms with Crippen molar-refractivity contribution in [2.45, 2.75) is 46.1 Å². The van der Waals surface area contributed by atoms with Crippen LogP contribution in [0.2, 0.25) is 0 Å². The molecule has 2 nitrogen and oxygen atoms in total. The molecule has 0 amide bonds. The maximum Gasteiger partial charge on any atom is 0.0917 e. The lowest BCUT2D eigenvalue weighted by molar-refractivity contribution is -0.914. The van der Waals surface area contributed by atoms with E-state index in [0.29, 0.717) is 5.06 Å². The van der Waals surface area contributed by atoms with Crippen LogP contribution in [0.15, 0.2) is 0 Å². The highest BCUT2D eigenvalue weighted by Crippen LogP contribution is 2.27. The number of hydrogen-bond donors (Lipinski definition) is 1. The Morgan fingerprint density at radius 1 is 1.09 bits per heavy atom. The second-order valence-corrected chi connectivity index (χ2v) is 5.15. The fourth-order valence-electron chi connectivity index (χ4n) is 1.55. The van der Waals surface area contributed by atoms with Gasteiger partial charge in [0.15, 0.2) is 0 Å². The van der Waals surface area contributed by atoms with E-state index in [1.165, 1.54) is 6.42 Å². The van der Waals surface area contributed by atoms with Gasteiger partial charge in [-0.25, -0.2) is 0 Å². The van der Waals surface area contributed by atoms with Crippen molar-refractivity contribution in [3.8, 4) is 0 Å². The summed E-state index contributed by atoms with van der Waals surface area (Å²) in [4.78, 5) is 0. The van der Waals surface area contributed by atoms with Gasteiger partial charge >= 0.3 is 0 Å². The molecular weight excluding hydrogens is 138 g/mol. The Labute approximate surface area is 69.2 Å². The van der Waals surface area contributed by atoms with Crippen LogP contribution in [0, 0.1) is 10.6 Å². The standard InChI is InChI=1S/C9H19NO/c1-8(2)5-6-9(3,4)10(11)7-8/h10H,5-7H2,1-4H3. The van der Waals surface area contributed by atoms with Crippen molar-refractivity contribution in [2.24, 2.45) is 5.41 Å². The molecular formula is C9H19NO. The molecule has 0 saturated carbocycles.